The number of alkyl carbamates (subject to hydrolysis) is 1. The molecule has 0 saturated carbocycles. The first-order valence-corrected chi connectivity index (χ1v) is 6.32. The third kappa shape index (κ3) is 6.78. The molecule has 1 rings (SSSR count). The van der Waals surface area contributed by atoms with Crippen molar-refractivity contribution in [1.29, 1.82) is 0 Å². The smallest absolute Gasteiger partial charge is 0.407 e. The molecule has 0 fully saturated rings. The number of rotatable bonds is 4. The number of hydrogen-bond acceptors (Lipinski definition) is 5. The summed E-state index contributed by atoms with van der Waals surface area (Å²) in [7, 11) is 0. The number of nitrogens with one attached hydrogen (secondary N) is 1. The maximum absolute atomic E-state index is 11.3. The molecule has 0 aliphatic rings. The standard InChI is InChI=1S/C11H17N3O2S/c1-11(2,3)16-10(15)14-7-8-17-9-12-5-4-6-13-9/h4-6H,7-8H2,1-3H3,(H,14,15). The average molecular weight is 255 g/mol. The van der Waals surface area contributed by atoms with Crippen LogP contribution in [0.15, 0.2) is 23.6 Å². The Labute approximate surface area is 105 Å². The topological polar surface area (TPSA) is 64.1 Å². The van der Waals surface area contributed by atoms with Crippen molar-refractivity contribution in [3.8, 4) is 0 Å². The summed E-state index contributed by atoms with van der Waals surface area (Å²) < 4.78 is 5.10. The first-order valence-electron chi connectivity index (χ1n) is 5.34. The van der Waals surface area contributed by atoms with E-state index in [0.717, 1.165) is 0 Å². The van der Waals surface area contributed by atoms with Gasteiger partial charge in [0.25, 0.3) is 0 Å². The lowest BCUT2D eigenvalue weighted by Gasteiger charge is -2.19. The molecule has 1 heterocycles. The molecule has 0 saturated heterocycles. The predicted molar refractivity (Wildman–Crippen MR) is 67.0 cm³/mol. The number of hydrogen-bond donors (Lipinski definition) is 1. The second-order valence-corrected chi connectivity index (χ2v) is 5.37. The summed E-state index contributed by atoms with van der Waals surface area (Å²) in [6, 6.07) is 1.77. The molecule has 0 spiro atoms. The minimum absolute atomic E-state index is 0.396. The molecule has 0 aromatic carbocycles. The molecule has 0 aliphatic heterocycles. The second-order valence-electron chi connectivity index (χ2n) is 4.31. The molecule has 0 atom stereocenters. The Hall–Kier alpha value is -1.30. The largest absolute Gasteiger partial charge is 0.444 e. The van der Waals surface area contributed by atoms with Gasteiger partial charge in [0, 0.05) is 24.7 Å². The van der Waals surface area contributed by atoms with Crippen LogP contribution in [0.25, 0.3) is 0 Å². The van der Waals surface area contributed by atoms with Gasteiger partial charge in [-0.3, -0.25) is 0 Å². The summed E-state index contributed by atoms with van der Waals surface area (Å²) in [5.74, 6) is 0.712. The fourth-order valence-electron chi connectivity index (χ4n) is 0.970. The Bertz CT molecular complexity index is 351. The van der Waals surface area contributed by atoms with Crippen molar-refractivity contribution in [2.75, 3.05) is 12.3 Å². The lowest BCUT2D eigenvalue weighted by Crippen LogP contribution is -2.33. The first kappa shape index (κ1) is 13.8. The number of carbonyl (C=O) groups is 1. The summed E-state index contributed by atoms with van der Waals surface area (Å²) in [4.78, 5) is 19.4. The third-order valence-corrected chi connectivity index (χ3v) is 2.42. The van der Waals surface area contributed by atoms with E-state index >= 15 is 0 Å². The third-order valence-electron chi connectivity index (χ3n) is 1.54. The highest BCUT2D eigenvalue weighted by atomic mass is 32.2. The molecule has 0 bridgehead atoms. The van der Waals surface area contributed by atoms with Gasteiger partial charge in [0.2, 0.25) is 0 Å². The number of amides is 1. The van der Waals surface area contributed by atoms with Crippen LogP contribution in [0, 0.1) is 0 Å². The number of ether oxygens (including phenoxy) is 1. The monoisotopic (exact) mass is 255 g/mol. The molecular weight excluding hydrogens is 238 g/mol. The molecule has 1 aromatic heterocycles. The highest BCUT2D eigenvalue weighted by molar-refractivity contribution is 7.99. The molecule has 0 aliphatic carbocycles. The summed E-state index contributed by atoms with van der Waals surface area (Å²) in [6.07, 6.45) is 2.99. The van der Waals surface area contributed by atoms with Crippen molar-refractivity contribution in [2.24, 2.45) is 0 Å². The van der Waals surface area contributed by atoms with E-state index in [2.05, 4.69) is 15.3 Å². The summed E-state index contributed by atoms with van der Waals surface area (Å²) in [5, 5.41) is 3.38. The van der Waals surface area contributed by atoms with Crippen LogP contribution in [0.1, 0.15) is 20.8 Å². The van der Waals surface area contributed by atoms with Crippen molar-refractivity contribution in [2.45, 2.75) is 31.5 Å². The molecule has 1 aromatic rings. The normalized spacial score (nSPS) is 11.0. The first-order chi connectivity index (χ1) is 7.97. The van der Waals surface area contributed by atoms with Gasteiger partial charge in [-0.15, -0.1) is 0 Å². The van der Waals surface area contributed by atoms with Gasteiger partial charge in [0.15, 0.2) is 5.16 Å². The molecular formula is C11H17N3O2S. The van der Waals surface area contributed by atoms with Crippen molar-refractivity contribution >= 4 is 17.9 Å². The van der Waals surface area contributed by atoms with E-state index in [-0.39, 0.29) is 0 Å². The van der Waals surface area contributed by atoms with Crippen molar-refractivity contribution in [3.05, 3.63) is 18.5 Å². The van der Waals surface area contributed by atoms with Gasteiger partial charge in [0.1, 0.15) is 5.60 Å². The quantitative estimate of drug-likeness (QED) is 0.507. The molecule has 1 N–H and O–H groups in total. The van der Waals surface area contributed by atoms with Gasteiger partial charge in [-0.1, -0.05) is 11.8 Å². The Morgan fingerprint density at radius 1 is 1.41 bits per heavy atom. The molecule has 17 heavy (non-hydrogen) atoms. The van der Waals surface area contributed by atoms with Crippen LogP contribution in [-0.4, -0.2) is 34.0 Å². The maximum atomic E-state index is 11.3. The van der Waals surface area contributed by atoms with E-state index in [1.165, 1.54) is 11.8 Å². The van der Waals surface area contributed by atoms with Gasteiger partial charge < -0.3 is 10.1 Å². The van der Waals surface area contributed by atoms with Crippen LogP contribution >= 0.6 is 11.8 Å². The van der Waals surface area contributed by atoms with Crippen molar-refractivity contribution < 1.29 is 9.53 Å². The van der Waals surface area contributed by atoms with E-state index in [4.69, 9.17) is 4.74 Å². The van der Waals surface area contributed by atoms with E-state index < -0.39 is 11.7 Å². The van der Waals surface area contributed by atoms with E-state index in [9.17, 15) is 4.79 Å². The highest BCUT2D eigenvalue weighted by Crippen LogP contribution is 2.10. The Kier molecular flexibility index (Phi) is 5.21. The zero-order chi connectivity index (χ0) is 12.7. The second kappa shape index (κ2) is 6.44. The van der Waals surface area contributed by atoms with E-state index in [0.29, 0.717) is 17.5 Å². The minimum Gasteiger partial charge on any atom is -0.444 e. The van der Waals surface area contributed by atoms with Gasteiger partial charge in [-0.2, -0.15) is 0 Å². The zero-order valence-corrected chi connectivity index (χ0v) is 11.1. The fourth-order valence-corrected chi connectivity index (χ4v) is 1.63. The van der Waals surface area contributed by atoms with Gasteiger partial charge in [-0.05, 0) is 26.8 Å². The van der Waals surface area contributed by atoms with Gasteiger partial charge in [-0.25, -0.2) is 14.8 Å². The lowest BCUT2D eigenvalue weighted by atomic mass is 10.2. The molecule has 94 valence electrons. The summed E-state index contributed by atoms with van der Waals surface area (Å²) in [5.41, 5.74) is -0.459. The molecule has 5 nitrogen and oxygen atoms in total. The van der Waals surface area contributed by atoms with E-state index in [1.807, 2.05) is 20.8 Å². The van der Waals surface area contributed by atoms with Gasteiger partial charge in [0.05, 0.1) is 0 Å². The minimum atomic E-state index is -0.459. The number of carbonyl (C=O) groups excluding carboxylic acids is 1. The lowest BCUT2D eigenvalue weighted by molar-refractivity contribution is 0.0531. The number of thioether (sulfide) groups is 1. The fraction of sp³-hybridized carbons (Fsp3) is 0.545. The molecule has 6 heteroatoms. The Morgan fingerprint density at radius 2 is 2.06 bits per heavy atom. The zero-order valence-electron chi connectivity index (χ0n) is 10.3. The van der Waals surface area contributed by atoms with Crippen LogP contribution in [-0.2, 0) is 4.74 Å². The number of aromatic nitrogens is 2. The van der Waals surface area contributed by atoms with Crippen LogP contribution < -0.4 is 5.32 Å². The molecule has 0 unspecified atom stereocenters. The van der Waals surface area contributed by atoms with Crippen LogP contribution in [0.5, 0.6) is 0 Å². The molecule has 0 radical (unpaired) electrons. The van der Waals surface area contributed by atoms with Crippen LogP contribution in [0.4, 0.5) is 4.79 Å². The maximum Gasteiger partial charge on any atom is 0.407 e. The highest BCUT2D eigenvalue weighted by Gasteiger charge is 2.15. The van der Waals surface area contributed by atoms with Gasteiger partial charge >= 0.3 is 6.09 Å². The molecule has 1 amide bonds. The van der Waals surface area contributed by atoms with E-state index in [1.54, 1.807) is 18.5 Å². The predicted octanol–water partition coefficient (Wildman–Crippen LogP) is 2.09. The Balaban J connectivity index is 2.14. The van der Waals surface area contributed by atoms with Crippen molar-refractivity contribution in [3.63, 3.8) is 0 Å². The average Bonchev–Trinajstić information content (AvgIpc) is 2.23. The van der Waals surface area contributed by atoms with Crippen molar-refractivity contribution in [1.82, 2.24) is 15.3 Å². The summed E-state index contributed by atoms with van der Waals surface area (Å²) in [6.45, 7) is 6.02. The summed E-state index contributed by atoms with van der Waals surface area (Å²) >= 11 is 1.49. The van der Waals surface area contributed by atoms with Crippen LogP contribution in [0.3, 0.4) is 0 Å². The van der Waals surface area contributed by atoms with Crippen LogP contribution in [0.2, 0.25) is 0 Å². The number of nitrogens with zero attached hydrogens (tertiary/aromatic N) is 2. The SMILES string of the molecule is CC(C)(C)OC(=O)NCCSc1ncccn1. The Morgan fingerprint density at radius 3 is 2.65 bits per heavy atom.